The second-order valence-corrected chi connectivity index (χ2v) is 9.83. The van der Waals surface area contributed by atoms with Gasteiger partial charge in [-0.25, -0.2) is 0 Å². The molecule has 0 amide bonds. The van der Waals surface area contributed by atoms with Gasteiger partial charge in [0.2, 0.25) is 0 Å². The Morgan fingerprint density at radius 3 is 2.07 bits per heavy atom. The topological polar surface area (TPSA) is 39.4 Å². The van der Waals surface area contributed by atoms with Gasteiger partial charge in [-0.05, 0) is 47.2 Å². The van der Waals surface area contributed by atoms with Crippen molar-refractivity contribution in [1.82, 2.24) is 0 Å². The Kier molecular flexibility index (Phi) is 4.27. The van der Waals surface area contributed by atoms with Gasteiger partial charge in [-0.15, -0.1) is 0 Å². The number of carbonyl (C=O) groups excluding carboxylic acids is 1. The van der Waals surface area contributed by atoms with E-state index in [1.54, 1.807) is 7.11 Å². The third kappa shape index (κ3) is 3.09. The van der Waals surface area contributed by atoms with E-state index in [0.717, 1.165) is 50.3 Å². The number of Topliss-reactive ketones (excluding diaryl/α,β-unsaturated/α-hetero) is 1. The van der Waals surface area contributed by atoms with Crippen LogP contribution in [0.5, 0.6) is 5.75 Å². The van der Waals surface area contributed by atoms with E-state index < -0.39 is 0 Å². The van der Waals surface area contributed by atoms with Crippen LogP contribution in [0.15, 0.2) is 46.4 Å². The molecule has 150 valence electrons. The van der Waals surface area contributed by atoms with E-state index in [1.165, 1.54) is 0 Å². The van der Waals surface area contributed by atoms with Gasteiger partial charge in [-0.3, -0.25) is 4.79 Å². The summed E-state index contributed by atoms with van der Waals surface area (Å²) in [7, 11) is 1.66. The Morgan fingerprint density at radius 2 is 1.52 bits per heavy atom. The van der Waals surface area contributed by atoms with Crippen molar-refractivity contribution in [1.29, 1.82) is 0 Å². The summed E-state index contributed by atoms with van der Waals surface area (Å²) in [4.78, 5) is 13.3. The maximum atomic E-state index is 13.3. The van der Waals surface area contributed by atoms with E-state index in [1.807, 2.05) is 42.5 Å². The Labute approximate surface area is 172 Å². The molecule has 0 fully saturated rings. The molecule has 1 aliphatic carbocycles. The molecule has 3 nitrogen and oxygen atoms in total. The van der Waals surface area contributed by atoms with Gasteiger partial charge in [-0.1, -0.05) is 47.6 Å². The molecule has 2 aromatic carbocycles. The van der Waals surface area contributed by atoms with Gasteiger partial charge < -0.3 is 9.15 Å². The number of allylic oxidation sites excluding steroid dienone is 1. The lowest BCUT2D eigenvalue weighted by atomic mass is 9.76. The summed E-state index contributed by atoms with van der Waals surface area (Å²) < 4.78 is 11.8. The number of benzene rings is 2. The van der Waals surface area contributed by atoms with Crippen LogP contribution >= 0.6 is 0 Å². The van der Waals surface area contributed by atoms with Crippen molar-refractivity contribution >= 4 is 22.8 Å². The summed E-state index contributed by atoms with van der Waals surface area (Å²) in [6, 6.07) is 11.9. The quantitative estimate of drug-likeness (QED) is 0.473. The highest BCUT2D eigenvalue weighted by atomic mass is 16.5. The van der Waals surface area contributed by atoms with Gasteiger partial charge in [0.15, 0.2) is 5.78 Å². The first-order valence-corrected chi connectivity index (χ1v) is 10.0. The fraction of sp³-hybridized carbons (Fsp3) is 0.346. The van der Waals surface area contributed by atoms with Crippen LogP contribution in [0.3, 0.4) is 0 Å². The molecule has 0 saturated heterocycles. The first-order chi connectivity index (χ1) is 13.5. The molecule has 0 saturated carbocycles. The molecule has 0 N–H and O–H groups in total. The standard InChI is InChI=1S/C26H28O3/c1-25(2,3)19-13-12-17-21-18(14-20(22(17)27)26(4,5)6)23(29-24(19)21)15-8-10-16(28-7)11-9-15/h8-14H,1-7H3. The molecule has 4 rings (SSSR count). The molecule has 3 aromatic rings. The van der Waals surface area contributed by atoms with Crippen LogP contribution in [0, 0.1) is 5.41 Å². The zero-order chi connectivity index (χ0) is 21.1. The van der Waals surface area contributed by atoms with Gasteiger partial charge in [-0.2, -0.15) is 0 Å². The fourth-order valence-corrected chi connectivity index (χ4v) is 4.01. The maximum Gasteiger partial charge on any atom is 0.190 e. The Bertz CT molecular complexity index is 1140. The highest BCUT2D eigenvalue weighted by molar-refractivity contribution is 6.24. The summed E-state index contributed by atoms with van der Waals surface area (Å²) in [5.74, 6) is 1.70. The van der Waals surface area contributed by atoms with Gasteiger partial charge in [0.25, 0.3) is 0 Å². The third-order valence-corrected chi connectivity index (χ3v) is 5.62. The summed E-state index contributed by atoms with van der Waals surface area (Å²) in [6.07, 6.45) is 2.03. The van der Waals surface area contributed by atoms with E-state index >= 15 is 0 Å². The highest BCUT2D eigenvalue weighted by Crippen LogP contribution is 2.46. The van der Waals surface area contributed by atoms with Crippen molar-refractivity contribution in [2.45, 2.75) is 47.0 Å². The third-order valence-electron chi connectivity index (χ3n) is 5.62. The average Bonchev–Trinajstić information content (AvgIpc) is 3.02. The lowest BCUT2D eigenvalue weighted by Gasteiger charge is -2.26. The zero-order valence-corrected chi connectivity index (χ0v) is 18.3. The van der Waals surface area contributed by atoms with Crippen molar-refractivity contribution in [2.24, 2.45) is 5.41 Å². The van der Waals surface area contributed by atoms with Crippen LogP contribution in [-0.2, 0) is 5.41 Å². The summed E-state index contributed by atoms with van der Waals surface area (Å²) in [5, 5.41) is 0.932. The largest absolute Gasteiger partial charge is 0.497 e. The number of furan rings is 1. The molecule has 29 heavy (non-hydrogen) atoms. The van der Waals surface area contributed by atoms with Crippen LogP contribution in [-0.4, -0.2) is 12.9 Å². The summed E-state index contributed by atoms with van der Waals surface area (Å²) in [6.45, 7) is 12.7. The van der Waals surface area contributed by atoms with Crippen molar-refractivity contribution in [3.05, 3.63) is 58.7 Å². The number of ketones is 1. The van der Waals surface area contributed by atoms with Gasteiger partial charge in [0.1, 0.15) is 17.1 Å². The lowest BCUT2D eigenvalue weighted by Crippen LogP contribution is -2.21. The summed E-state index contributed by atoms with van der Waals surface area (Å²) in [5.41, 5.74) is 5.09. The molecule has 0 unspecified atom stereocenters. The minimum Gasteiger partial charge on any atom is -0.497 e. The molecular formula is C26H28O3. The molecule has 1 heterocycles. The fourth-order valence-electron chi connectivity index (χ4n) is 4.01. The molecule has 0 spiro atoms. The first-order valence-electron chi connectivity index (χ1n) is 10.0. The monoisotopic (exact) mass is 388 g/mol. The Balaban J connectivity index is 2.09. The van der Waals surface area contributed by atoms with E-state index in [-0.39, 0.29) is 16.6 Å². The molecule has 0 radical (unpaired) electrons. The minimum absolute atomic E-state index is 0.0949. The second-order valence-electron chi connectivity index (χ2n) is 9.83. The number of carbonyl (C=O) groups is 1. The number of rotatable bonds is 2. The van der Waals surface area contributed by atoms with E-state index in [4.69, 9.17) is 9.15 Å². The van der Waals surface area contributed by atoms with E-state index in [2.05, 4.69) is 41.5 Å². The van der Waals surface area contributed by atoms with Crippen LogP contribution < -0.4 is 4.74 Å². The molecule has 1 aliphatic rings. The number of methoxy groups -OCH3 is 1. The average molecular weight is 389 g/mol. The highest BCUT2D eigenvalue weighted by Gasteiger charge is 2.34. The minimum atomic E-state index is -0.252. The molecule has 1 aromatic heterocycles. The lowest BCUT2D eigenvalue weighted by molar-refractivity contribution is 0.101. The molecular weight excluding hydrogens is 360 g/mol. The predicted octanol–water partition coefficient (Wildman–Crippen LogP) is 7.03. The van der Waals surface area contributed by atoms with Crippen molar-refractivity contribution in [2.75, 3.05) is 7.11 Å². The van der Waals surface area contributed by atoms with Gasteiger partial charge >= 0.3 is 0 Å². The molecule has 3 heteroatoms. The van der Waals surface area contributed by atoms with E-state index in [9.17, 15) is 4.79 Å². The SMILES string of the molecule is COc1ccc(-c2oc3c(C(C)(C)C)ccc4c3c2C=C(C(C)(C)C)C4=O)cc1. The van der Waals surface area contributed by atoms with Crippen LogP contribution in [0.25, 0.3) is 28.4 Å². The zero-order valence-electron chi connectivity index (χ0n) is 18.3. The summed E-state index contributed by atoms with van der Waals surface area (Å²) >= 11 is 0. The van der Waals surface area contributed by atoms with Gasteiger partial charge in [0.05, 0.1) is 7.11 Å². The second kappa shape index (κ2) is 6.35. The van der Waals surface area contributed by atoms with Crippen LogP contribution in [0.1, 0.15) is 63.0 Å². The van der Waals surface area contributed by atoms with Crippen LogP contribution in [0.2, 0.25) is 0 Å². The van der Waals surface area contributed by atoms with Crippen LogP contribution in [0.4, 0.5) is 0 Å². The normalized spacial score (nSPS) is 14.3. The number of ether oxygens (including phenoxy) is 1. The maximum absolute atomic E-state index is 13.3. The number of hydrogen-bond acceptors (Lipinski definition) is 3. The molecule has 0 atom stereocenters. The Morgan fingerprint density at radius 1 is 0.862 bits per heavy atom. The van der Waals surface area contributed by atoms with Crippen molar-refractivity contribution in [3.63, 3.8) is 0 Å². The Hall–Kier alpha value is -2.81. The smallest absolute Gasteiger partial charge is 0.190 e. The van der Waals surface area contributed by atoms with E-state index in [0.29, 0.717) is 0 Å². The molecule has 0 aliphatic heterocycles. The molecule has 0 bridgehead atoms. The van der Waals surface area contributed by atoms with Gasteiger partial charge in [0, 0.05) is 33.2 Å². The van der Waals surface area contributed by atoms with Crippen molar-refractivity contribution < 1.29 is 13.9 Å². The first kappa shape index (κ1) is 19.5. The predicted molar refractivity (Wildman–Crippen MR) is 119 cm³/mol. The van der Waals surface area contributed by atoms with Crippen molar-refractivity contribution in [3.8, 4) is 17.1 Å². The number of hydrogen-bond donors (Lipinski definition) is 0.